The largest absolute Gasteiger partial charge is 0.351 e. The number of rotatable bonds is 9. The Morgan fingerprint density at radius 2 is 1.50 bits per heavy atom. The molecule has 8 heteroatoms. The normalized spacial score (nSPS) is 30.7. The van der Waals surface area contributed by atoms with Crippen molar-refractivity contribution >= 4 is 6.03 Å². The first-order valence-electron chi connectivity index (χ1n) is 16.7. The molecule has 0 aromatic heterocycles. The molecule has 0 bridgehead atoms. The molecule has 4 atom stereocenters. The Balaban J connectivity index is 1.44. The van der Waals surface area contributed by atoms with Crippen molar-refractivity contribution < 1.29 is 4.79 Å². The highest BCUT2D eigenvalue weighted by atomic mass is 16.2. The number of amides is 2. The molecule has 40 heavy (non-hydrogen) atoms. The monoisotopic (exact) mass is 559 g/mol. The van der Waals surface area contributed by atoms with E-state index < -0.39 is 0 Å². The summed E-state index contributed by atoms with van der Waals surface area (Å²) in [7, 11) is 2.31. The van der Waals surface area contributed by atoms with E-state index in [-0.39, 0.29) is 17.1 Å². The number of carbonyl (C=O) groups is 1. The molecule has 230 valence electrons. The molecule has 5 fully saturated rings. The van der Waals surface area contributed by atoms with E-state index in [0.717, 1.165) is 44.1 Å². The van der Waals surface area contributed by atoms with Crippen molar-refractivity contribution in [2.24, 2.45) is 29.4 Å². The molecule has 0 aromatic rings. The maximum Gasteiger partial charge on any atom is 0.314 e. The van der Waals surface area contributed by atoms with Gasteiger partial charge in [-0.05, 0) is 130 Å². The zero-order valence-corrected chi connectivity index (χ0v) is 26.7. The van der Waals surface area contributed by atoms with Crippen LogP contribution in [0.1, 0.15) is 73.1 Å². The standard InChI is InChI=1S/C32H61N7O/c1-7-36-15-10-24(11-16-36)26(22-31(2,3)38-20-18-37(19-21-38)30(33)40)29(25-8-13-35(6)14-9-25)32(4,5)39-17-12-27-28(39)23-34-27/h24-29,34H,7-23H2,1-6H3,(H2,33,40). The van der Waals surface area contributed by atoms with E-state index >= 15 is 0 Å². The van der Waals surface area contributed by atoms with Crippen LogP contribution < -0.4 is 11.1 Å². The predicted molar refractivity (Wildman–Crippen MR) is 164 cm³/mol. The predicted octanol–water partition coefficient (Wildman–Crippen LogP) is 2.98. The Morgan fingerprint density at radius 1 is 0.875 bits per heavy atom. The van der Waals surface area contributed by atoms with Crippen LogP contribution in [0.25, 0.3) is 0 Å². The van der Waals surface area contributed by atoms with Crippen molar-refractivity contribution in [3.63, 3.8) is 0 Å². The highest BCUT2D eigenvalue weighted by Crippen LogP contribution is 2.50. The molecule has 0 radical (unpaired) electrons. The fraction of sp³-hybridized carbons (Fsp3) is 0.969. The first kappa shape index (κ1) is 30.5. The van der Waals surface area contributed by atoms with Crippen molar-refractivity contribution in [2.75, 3.05) is 79.0 Å². The van der Waals surface area contributed by atoms with Gasteiger partial charge in [0.25, 0.3) is 0 Å². The highest BCUT2D eigenvalue weighted by molar-refractivity contribution is 5.72. The lowest BCUT2D eigenvalue weighted by Gasteiger charge is -2.57. The lowest BCUT2D eigenvalue weighted by atomic mass is 9.59. The van der Waals surface area contributed by atoms with Crippen molar-refractivity contribution in [1.29, 1.82) is 0 Å². The number of piperazine rings is 1. The second kappa shape index (κ2) is 12.4. The number of nitrogens with zero attached hydrogens (tertiary/aromatic N) is 5. The molecule has 0 spiro atoms. The molecular weight excluding hydrogens is 498 g/mol. The van der Waals surface area contributed by atoms with Crippen molar-refractivity contribution in [1.82, 2.24) is 29.8 Å². The van der Waals surface area contributed by atoms with E-state index in [2.05, 4.69) is 66.6 Å². The molecule has 0 aliphatic carbocycles. The summed E-state index contributed by atoms with van der Waals surface area (Å²) in [5.74, 6) is 2.98. The van der Waals surface area contributed by atoms with Crippen LogP contribution in [0.5, 0.6) is 0 Å². The van der Waals surface area contributed by atoms with Gasteiger partial charge in [0.05, 0.1) is 0 Å². The fourth-order valence-electron chi connectivity index (χ4n) is 9.72. The average molecular weight is 560 g/mol. The Hall–Kier alpha value is -0.930. The lowest BCUT2D eigenvalue weighted by molar-refractivity contribution is -0.0706. The number of hydrogen-bond donors (Lipinski definition) is 2. The highest BCUT2D eigenvalue weighted by Gasteiger charge is 2.54. The summed E-state index contributed by atoms with van der Waals surface area (Å²) < 4.78 is 0. The van der Waals surface area contributed by atoms with Crippen LogP contribution in [-0.2, 0) is 0 Å². The number of nitrogens with one attached hydrogen (secondary N) is 1. The SMILES string of the molecule is CCN1CCC(C(CC(C)(C)N2CCN(C(N)=O)CC2)C(C2CCN(C)CC2)C(C)(C)N2CCC3NCC32)CC1. The maximum atomic E-state index is 11.8. The summed E-state index contributed by atoms with van der Waals surface area (Å²) in [5.41, 5.74) is 5.93. The van der Waals surface area contributed by atoms with E-state index in [0.29, 0.717) is 17.9 Å². The van der Waals surface area contributed by atoms with Gasteiger partial charge in [0.1, 0.15) is 0 Å². The zero-order valence-electron chi connectivity index (χ0n) is 26.7. The van der Waals surface area contributed by atoms with E-state index in [9.17, 15) is 4.79 Å². The van der Waals surface area contributed by atoms with Gasteiger partial charge in [0, 0.05) is 62.4 Å². The van der Waals surface area contributed by atoms with Gasteiger partial charge in [-0.3, -0.25) is 9.80 Å². The van der Waals surface area contributed by atoms with Crippen LogP contribution >= 0.6 is 0 Å². The third-order valence-electron chi connectivity index (χ3n) is 12.3. The maximum absolute atomic E-state index is 11.8. The van der Waals surface area contributed by atoms with Crippen molar-refractivity contribution in [3.8, 4) is 0 Å². The van der Waals surface area contributed by atoms with Crippen LogP contribution in [-0.4, -0.2) is 133 Å². The molecule has 5 rings (SSSR count). The Morgan fingerprint density at radius 3 is 2.02 bits per heavy atom. The third-order valence-corrected chi connectivity index (χ3v) is 12.3. The minimum Gasteiger partial charge on any atom is -0.351 e. The second-order valence-electron chi connectivity index (χ2n) is 15.1. The minimum atomic E-state index is -0.267. The van der Waals surface area contributed by atoms with Crippen LogP contribution in [0.2, 0.25) is 0 Å². The number of primary amides is 1. The summed E-state index contributed by atoms with van der Waals surface area (Å²) in [6, 6.07) is 1.17. The summed E-state index contributed by atoms with van der Waals surface area (Å²) in [5, 5.41) is 3.73. The quantitative estimate of drug-likeness (QED) is 0.453. The van der Waals surface area contributed by atoms with Crippen LogP contribution in [0, 0.1) is 23.7 Å². The first-order chi connectivity index (χ1) is 19.0. The first-order valence-corrected chi connectivity index (χ1v) is 16.7. The van der Waals surface area contributed by atoms with Gasteiger partial charge in [-0.25, -0.2) is 4.79 Å². The number of hydrogen-bond acceptors (Lipinski definition) is 6. The third kappa shape index (κ3) is 6.22. The summed E-state index contributed by atoms with van der Waals surface area (Å²) >= 11 is 0. The smallest absolute Gasteiger partial charge is 0.314 e. The number of carbonyl (C=O) groups excluding carboxylic acids is 1. The van der Waals surface area contributed by atoms with Crippen LogP contribution in [0.4, 0.5) is 4.79 Å². The molecule has 5 saturated heterocycles. The summed E-state index contributed by atoms with van der Waals surface area (Å²) in [6.45, 7) is 24.6. The van der Waals surface area contributed by atoms with Crippen LogP contribution in [0.15, 0.2) is 0 Å². The van der Waals surface area contributed by atoms with Gasteiger partial charge in [0.2, 0.25) is 0 Å². The van der Waals surface area contributed by atoms with Gasteiger partial charge >= 0.3 is 6.03 Å². The molecule has 4 unspecified atom stereocenters. The van der Waals surface area contributed by atoms with E-state index in [4.69, 9.17) is 5.73 Å². The number of nitrogens with two attached hydrogens (primary N) is 1. The fourth-order valence-corrected chi connectivity index (χ4v) is 9.72. The number of urea groups is 1. The Labute approximate surface area is 245 Å². The van der Waals surface area contributed by atoms with Crippen molar-refractivity contribution in [2.45, 2.75) is 96.3 Å². The lowest BCUT2D eigenvalue weighted by Crippen LogP contribution is -2.66. The van der Waals surface area contributed by atoms with Gasteiger partial charge in [-0.1, -0.05) is 6.92 Å². The molecule has 5 heterocycles. The molecular formula is C32H61N7O. The molecule has 5 aliphatic heterocycles. The Bertz CT molecular complexity index is 840. The summed E-state index contributed by atoms with van der Waals surface area (Å²) in [4.78, 5) is 24.5. The van der Waals surface area contributed by atoms with Gasteiger partial charge in [0.15, 0.2) is 0 Å². The van der Waals surface area contributed by atoms with E-state index in [1.807, 2.05) is 4.90 Å². The Kier molecular flexibility index (Phi) is 9.43. The zero-order chi connectivity index (χ0) is 28.7. The van der Waals surface area contributed by atoms with E-state index in [1.54, 1.807) is 0 Å². The van der Waals surface area contributed by atoms with E-state index in [1.165, 1.54) is 84.3 Å². The van der Waals surface area contributed by atoms with Crippen LogP contribution in [0.3, 0.4) is 0 Å². The topological polar surface area (TPSA) is 71.3 Å². The minimum absolute atomic E-state index is 0.0989. The van der Waals surface area contributed by atoms with Crippen molar-refractivity contribution in [3.05, 3.63) is 0 Å². The molecule has 2 amide bonds. The second-order valence-corrected chi connectivity index (χ2v) is 15.1. The number of likely N-dealkylation sites (tertiary alicyclic amines) is 3. The average Bonchev–Trinajstić information content (AvgIpc) is 3.23. The molecule has 3 N–H and O–H groups in total. The molecule has 0 saturated carbocycles. The van der Waals surface area contributed by atoms with Gasteiger partial charge in [-0.15, -0.1) is 0 Å². The molecule has 0 aromatic carbocycles. The molecule has 8 nitrogen and oxygen atoms in total. The summed E-state index contributed by atoms with van der Waals surface area (Å²) in [6.07, 6.45) is 7.93. The number of fused-ring (bicyclic) bond motifs is 1. The molecule has 5 aliphatic rings. The van der Waals surface area contributed by atoms with Gasteiger partial charge in [-0.2, -0.15) is 0 Å². The van der Waals surface area contributed by atoms with Gasteiger partial charge < -0.3 is 25.8 Å². The number of piperidine rings is 2.